The summed E-state index contributed by atoms with van der Waals surface area (Å²) in [6, 6.07) is 13.7. The molecule has 11 nitrogen and oxygen atoms in total. The number of aryl methyl sites for hydroxylation is 1. The Labute approximate surface area is 281 Å². The number of rotatable bonds is 15. The maximum atomic E-state index is 14.8. The molecular formula is C36H46FN7O4. The van der Waals surface area contributed by atoms with Crippen LogP contribution in [0.4, 0.5) is 10.2 Å². The summed E-state index contributed by atoms with van der Waals surface area (Å²) in [5, 5.41) is 5.55. The molecule has 4 N–H and O–H groups in total. The fourth-order valence-corrected chi connectivity index (χ4v) is 5.82. The fraction of sp³-hybridized carbons (Fsp3) is 0.417. The number of benzene rings is 2. The molecular weight excluding hydrogens is 613 g/mol. The van der Waals surface area contributed by atoms with Crippen LogP contribution in [0.25, 0.3) is 0 Å². The predicted molar refractivity (Wildman–Crippen MR) is 182 cm³/mol. The van der Waals surface area contributed by atoms with Gasteiger partial charge in [0.1, 0.15) is 17.6 Å². The number of carbonyl (C=O) groups excluding carboxylic acids is 3. The lowest BCUT2D eigenvalue weighted by molar-refractivity contribution is -0.143. The first kappa shape index (κ1) is 35.8. The number of nitrogens with zero attached hydrogens (tertiary/aromatic N) is 3. The van der Waals surface area contributed by atoms with Gasteiger partial charge >= 0.3 is 0 Å². The van der Waals surface area contributed by atoms with E-state index < -0.39 is 11.5 Å². The van der Waals surface area contributed by atoms with Gasteiger partial charge in [0.15, 0.2) is 5.82 Å². The number of hydrogen-bond donors (Lipinski definition) is 4. The van der Waals surface area contributed by atoms with Crippen LogP contribution in [0.3, 0.4) is 0 Å². The summed E-state index contributed by atoms with van der Waals surface area (Å²) in [5.74, 6) is 0.709. The van der Waals surface area contributed by atoms with Crippen LogP contribution >= 0.6 is 0 Å². The minimum atomic E-state index is -0.718. The van der Waals surface area contributed by atoms with Crippen molar-refractivity contribution < 1.29 is 23.5 Å². The van der Waals surface area contributed by atoms with Crippen LogP contribution in [0.2, 0.25) is 0 Å². The van der Waals surface area contributed by atoms with E-state index in [0.717, 1.165) is 42.7 Å². The Morgan fingerprint density at radius 2 is 1.71 bits per heavy atom. The van der Waals surface area contributed by atoms with Crippen LogP contribution in [0.1, 0.15) is 69.2 Å². The van der Waals surface area contributed by atoms with E-state index in [0.29, 0.717) is 43.7 Å². The van der Waals surface area contributed by atoms with Crippen LogP contribution in [-0.4, -0.2) is 68.8 Å². The lowest BCUT2D eigenvalue weighted by Crippen LogP contribution is -2.65. The third-order valence-corrected chi connectivity index (χ3v) is 8.48. The molecule has 12 heteroatoms. The van der Waals surface area contributed by atoms with Gasteiger partial charge < -0.3 is 30.2 Å². The molecule has 0 radical (unpaired) electrons. The van der Waals surface area contributed by atoms with Crippen molar-refractivity contribution in [3.63, 3.8) is 0 Å². The number of amides is 3. The van der Waals surface area contributed by atoms with Crippen molar-refractivity contribution >= 4 is 23.5 Å². The van der Waals surface area contributed by atoms with Crippen LogP contribution < -0.4 is 15.4 Å². The maximum absolute atomic E-state index is 14.8. The normalized spacial score (nSPS) is 13.8. The van der Waals surface area contributed by atoms with E-state index >= 15 is 0 Å². The van der Waals surface area contributed by atoms with Crippen molar-refractivity contribution in [1.82, 2.24) is 30.2 Å². The molecule has 48 heavy (non-hydrogen) atoms. The monoisotopic (exact) mass is 659 g/mol. The van der Waals surface area contributed by atoms with Gasteiger partial charge in [0.2, 0.25) is 17.7 Å². The number of aromatic nitrogens is 4. The third-order valence-electron chi connectivity index (χ3n) is 8.48. The smallest absolute Gasteiger partial charge is 0.245 e. The second-order valence-corrected chi connectivity index (χ2v) is 12.0. The van der Waals surface area contributed by atoms with Gasteiger partial charge in [-0.1, -0.05) is 63.4 Å². The topological polar surface area (TPSA) is 145 Å². The van der Waals surface area contributed by atoms with Crippen molar-refractivity contribution in [2.75, 3.05) is 25.5 Å². The highest BCUT2D eigenvalue weighted by molar-refractivity contribution is 5.89. The number of imidazole rings is 2. The SMILES string of the molecule is CCC(=O)Nc1c[nH]cn1.CCCCCC1(c2ccccc2F)CN(C(=O)[C@@H](Cc2ccc(OC)cc2)NC(=O)CCc2c[nH]cn2)C1. The van der Waals surface area contributed by atoms with Crippen molar-refractivity contribution in [2.24, 2.45) is 0 Å². The number of methoxy groups -OCH3 is 1. The van der Waals surface area contributed by atoms with Crippen LogP contribution in [0.15, 0.2) is 73.6 Å². The lowest BCUT2D eigenvalue weighted by Gasteiger charge is -2.52. The predicted octanol–water partition coefficient (Wildman–Crippen LogP) is 5.34. The largest absolute Gasteiger partial charge is 0.497 e. The van der Waals surface area contributed by atoms with Gasteiger partial charge in [-0.05, 0) is 42.2 Å². The number of H-pyrrole nitrogens is 2. The molecule has 3 heterocycles. The zero-order valence-corrected chi connectivity index (χ0v) is 27.9. The van der Waals surface area contributed by atoms with E-state index in [2.05, 4.69) is 37.5 Å². The number of halogens is 1. The molecule has 4 aromatic rings. The van der Waals surface area contributed by atoms with Crippen LogP contribution in [0.5, 0.6) is 5.75 Å². The summed E-state index contributed by atoms with van der Waals surface area (Å²) in [6.07, 6.45) is 12.0. The molecule has 5 rings (SSSR count). The Morgan fingerprint density at radius 1 is 0.979 bits per heavy atom. The minimum absolute atomic E-state index is 0.0212. The van der Waals surface area contributed by atoms with Crippen molar-refractivity contribution in [3.05, 3.63) is 96.2 Å². The van der Waals surface area contributed by atoms with Gasteiger partial charge in [0.05, 0.1) is 25.5 Å². The van der Waals surface area contributed by atoms with E-state index in [4.69, 9.17) is 4.74 Å². The Kier molecular flexibility index (Phi) is 13.3. The average molecular weight is 660 g/mol. The minimum Gasteiger partial charge on any atom is -0.497 e. The quantitative estimate of drug-likeness (QED) is 0.127. The second-order valence-electron chi connectivity index (χ2n) is 12.0. The molecule has 1 fully saturated rings. The average Bonchev–Trinajstić information content (AvgIpc) is 3.80. The van der Waals surface area contributed by atoms with Crippen molar-refractivity contribution in [3.8, 4) is 5.75 Å². The Balaban J connectivity index is 0.000000445. The molecule has 2 aromatic heterocycles. The Bertz CT molecular complexity index is 1570. The van der Waals surface area contributed by atoms with Gasteiger partial charge in [-0.15, -0.1) is 0 Å². The summed E-state index contributed by atoms with van der Waals surface area (Å²) >= 11 is 0. The lowest BCUT2D eigenvalue weighted by atomic mass is 9.69. The molecule has 1 aliphatic heterocycles. The summed E-state index contributed by atoms with van der Waals surface area (Å²) in [6.45, 7) is 4.82. The molecule has 0 spiro atoms. The highest BCUT2D eigenvalue weighted by Gasteiger charge is 2.48. The molecule has 1 saturated heterocycles. The zero-order valence-electron chi connectivity index (χ0n) is 27.9. The first-order valence-electron chi connectivity index (χ1n) is 16.5. The number of ether oxygens (including phenoxy) is 1. The first-order chi connectivity index (χ1) is 23.3. The summed E-state index contributed by atoms with van der Waals surface area (Å²) in [7, 11) is 1.60. The first-order valence-corrected chi connectivity index (χ1v) is 16.5. The Hall–Kier alpha value is -5.00. The summed E-state index contributed by atoms with van der Waals surface area (Å²) in [5.41, 5.74) is 1.99. The summed E-state index contributed by atoms with van der Waals surface area (Å²) < 4.78 is 20.1. The number of nitrogens with one attached hydrogen (secondary N) is 4. The van der Waals surface area contributed by atoms with Crippen LogP contribution in [0, 0.1) is 5.82 Å². The molecule has 0 saturated carbocycles. The number of likely N-dealkylation sites (tertiary alicyclic amines) is 1. The molecule has 0 unspecified atom stereocenters. The van der Waals surface area contributed by atoms with Crippen molar-refractivity contribution in [2.45, 2.75) is 76.7 Å². The highest BCUT2D eigenvalue weighted by Crippen LogP contribution is 2.41. The van der Waals surface area contributed by atoms with Gasteiger partial charge in [-0.2, -0.15) is 0 Å². The molecule has 0 bridgehead atoms. The molecule has 3 amide bonds. The Morgan fingerprint density at radius 3 is 2.33 bits per heavy atom. The van der Waals surface area contributed by atoms with E-state index in [-0.39, 0.29) is 30.0 Å². The molecule has 1 atom stereocenters. The highest BCUT2D eigenvalue weighted by atomic mass is 19.1. The maximum Gasteiger partial charge on any atom is 0.245 e. The third kappa shape index (κ3) is 10.00. The van der Waals surface area contributed by atoms with Gasteiger partial charge in [0.25, 0.3) is 0 Å². The van der Waals surface area contributed by atoms with Crippen LogP contribution in [-0.2, 0) is 32.6 Å². The number of anilines is 1. The van der Waals surface area contributed by atoms with E-state index in [1.54, 1.807) is 43.7 Å². The number of unbranched alkanes of at least 4 members (excludes halogenated alkanes) is 2. The van der Waals surface area contributed by atoms with E-state index in [9.17, 15) is 18.8 Å². The fourth-order valence-electron chi connectivity index (χ4n) is 5.82. The number of hydrogen-bond acceptors (Lipinski definition) is 6. The molecule has 0 aliphatic carbocycles. The number of carbonyl (C=O) groups is 3. The molecule has 256 valence electrons. The number of aromatic amines is 2. The standard InChI is InChI=1S/C30H37FN4O3.C6H9N3O/c1-3-4-7-16-30(25-8-5-6-9-26(25)31)19-35(20-30)29(37)27(17-22-10-13-24(38-2)14-11-22)34-28(36)15-12-23-18-32-21-33-23;1-2-6(10)9-5-3-7-4-8-5/h5-6,8-11,13-14,18,21,27H,3-4,7,12,15-17,19-20H2,1-2H3,(H,32,33)(H,34,36);3-4H,2H2,1H3,(H,7,8)(H,9,10)/t27-;/m1./s1. The van der Waals surface area contributed by atoms with Gasteiger partial charge in [0, 0.05) is 50.2 Å². The van der Waals surface area contributed by atoms with E-state index in [1.165, 1.54) is 12.4 Å². The zero-order chi connectivity index (χ0) is 34.4. The van der Waals surface area contributed by atoms with E-state index in [1.807, 2.05) is 36.4 Å². The molecule has 1 aliphatic rings. The molecule has 2 aromatic carbocycles. The second kappa shape index (κ2) is 17.8. The van der Waals surface area contributed by atoms with Gasteiger partial charge in [-0.3, -0.25) is 14.4 Å². The van der Waals surface area contributed by atoms with Gasteiger partial charge in [-0.25, -0.2) is 14.4 Å². The van der Waals surface area contributed by atoms with Crippen molar-refractivity contribution in [1.29, 1.82) is 0 Å². The summed E-state index contributed by atoms with van der Waals surface area (Å²) in [4.78, 5) is 52.7.